The highest BCUT2D eigenvalue weighted by Gasteiger charge is 2.50. The lowest BCUT2D eigenvalue weighted by Crippen LogP contribution is -2.46. The number of fused-ring (bicyclic) bond motifs is 14. The van der Waals surface area contributed by atoms with Gasteiger partial charge in [0.05, 0.1) is 53.0 Å². The van der Waals surface area contributed by atoms with Gasteiger partial charge in [-0.25, -0.2) is 0 Å². The van der Waals surface area contributed by atoms with Crippen LogP contribution in [0.25, 0.3) is 10.8 Å². The van der Waals surface area contributed by atoms with E-state index >= 15 is 0 Å². The fraction of sp³-hybridized carbons (Fsp3) is 0.574. The maximum atomic E-state index is 14.4. The number of ether oxygens (including phenoxy) is 4. The monoisotopic (exact) mass is 866 g/mol. The zero-order chi connectivity index (χ0) is 46.1. The number of oxime groups is 1. The second-order valence-electron chi connectivity index (χ2n) is 16.8. The van der Waals surface area contributed by atoms with Crippen molar-refractivity contribution in [3.63, 3.8) is 0 Å². The van der Waals surface area contributed by atoms with E-state index in [2.05, 4.69) is 17.4 Å². The summed E-state index contributed by atoms with van der Waals surface area (Å²) in [7, 11) is 1.43. The van der Waals surface area contributed by atoms with Gasteiger partial charge in [0, 0.05) is 61.2 Å². The van der Waals surface area contributed by atoms with Crippen molar-refractivity contribution < 1.29 is 63.7 Å². The number of benzene rings is 2. The van der Waals surface area contributed by atoms with Crippen LogP contribution in [0.2, 0.25) is 0 Å². The molecule has 62 heavy (non-hydrogen) atoms. The Bertz CT molecular complexity index is 2060. The molecule has 3 aliphatic rings. The first-order chi connectivity index (χ1) is 29.3. The van der Waals surface area contributed by atoms with Gasteiger partial charge in [0.25, 0.3) is 11.7 Å². The van der Waals surface area contributed by atoms with Crippen LogP contribution in [0.5, 0.6) is 23.0 Å². The van der Waals surface area contributed by atoms with Gasteiger partial charge in [0.1, 0.15) is 30.0 Å². The number of carbonyl (C=O) groups is 3. The number of ketones is 1. The van der Waals surface area contributed by atoms with Gasteiger partial charge >= 0.3 is 11.8 Å². The lowest BCUT2D eigenvalue weighted by molar-refractivity contribution is -0.160. The fourth-order valence-electron chi connectivity index (χ4n) is 8.14. The van der Waals surface area contributed by atoms with Crippen LogP contribution in [-0.4, -0.2) is 93.3 Å². The van der Waals surface area contributed by atoms with Crippen molar-refractivity contribution in [2.24, 2.45) is 28.8 Å². The number of anilines is 1. The van der Waals surface area contributed by atoms with Crippen LogP contribution in [0.1, 0.15) is 122 Å². The summed E-state index contributed by atoms with van der Waals surface area (Å²) in [5, 5.41) is 64.4. The molecule has 3 aliphatic heterocycles. The number of amides is 1. The highest BCUT2D eigenvalue weighted by Crippen LogP contribution is 2.55. The minimum absolute atomic E-state index is 0.0426. The minimum Gasteiger partial charge on any atom is -0.507 e. The number of nitrogens with zero attached hydrogens (tertiary/aromatic N) is 1. The quantitative estimate of drug-likeness (QED) is 0.0299. The summed E-state index contributed by atoms with van der Waals surface area (Å²) in [4.78, 5) is 46.0. The number of aromatic hydroxyl groups is 3. The molecule has 0 saturated heterocycles. The molecule has 342 valence electrons. The Labute approximate surface area is 364 Å². The summed E-state index contributed by atoms with van der Waals surface area (Å²) in [5.41, 5.74) is -0.538. The smallest absolute Gasteiger partial charge is 0.312 e. The number of nitrogens with one attached hydrogen (secondary N) is 1. The van der Waals surface area contributed by atoms with E-state index in [4.69, 9.17) is 23.8 Å². The number of rotatable bonds is 12. The molecule has 0 saturated carbocycles. The number of phenols is 3. The SMILES string of the molecule is CCCCCCCCCO/N=C\c1c2c(O)c3c(O)c(C)c4c(c3c1O)C(=O)[C@@](C)(O/C=C/[C@H](OC)[C@@H](C)[C@@H](OC(C)=O)[C@H](C)[C@H](O)[C@H](C)[C@@H](O)[C@@H](C)/C=C/C=C(/C)C(=O)N2)O4. The summed E-state index contributed by atoms with van der Waals surface area (Å²) in [5.74, 6) is -8.54. The van der Waals surface area contributed by atoms with Gasteiger partial charge in [0.2, 0.25) is 0 Å². The van der Waals surface area contributed by atoms with Crippen molar-refractivity contribution in [2.45, 2.75) is 137 Å². The molecule has 2 aromatic carbocycles. The van der Waals surface area contributed by atoms with Crippen LogP contribution in [0.4, 0.5) is 5.69 Å². The Balaban J connectivity index is 1.87. The second kappa shape index (κ2) is 21.8. The zero-order valence-corrected chi connectivity index (χ0v) is 37.7. The Morgan fingerprint density at radius 3 is 2.21 bits per heavy atom. The maximum Gasteiger partial charge on any atom is 0.312 e. The Hall–Kier alpha value is -5.12. The molecular formula is C47H66N2O13. The number of hydrogen-bond acceptors (Lipinski definition) is 14. The number of esters is 1. The predicted molar refractivity (Wildman–Crippen MR) is 235 cm³/mol. The molecular weight excluding hydrogens is 801 g/mol. The van der Waals surface area contributed by atoms with Crippen molar-refractivity contribution in [3.05, 3.63) is 52.8 Å². The molecule has 15 heteroatoms. The van der Waals surface area contributed by atoms with Gasteiger partial charge in [-0.15, -0.1) is 0 Å². The molecule has 0 fully saturated rings. The Morgan fingerprint density at radius 1 is 0.903 bits per heavy atom. The standard InChI is InChI=1S/C47H66N2O13/c1-11-12-13-14-15-16-17-22-60-48-24-32-37-42(55)35-34(41(32)54)36-44(30(7)40(35)53)62-47(9,45(36)56)59-23-21-33(58-10)27(4)43(61-31(8)50)29(6)39(52)28(5)38(51)25(2)19-18-20-26(3)46(57)49-37/h18-21,23-25,27-29,33,38-39,43,51-55H,11-17,22H2,1-10H3,(H,49,57)/b19-18+,23-21+,26-20-,48-24-/t25-,27+,28+,29+,33-,38-,39+,43+,47-/m0/s1. The third-order valence-corrected chi connectivity index (χ3v) is 12.1. The van der Waals surface area contributed by atoms with E-state index in [0.717, 1.165) is 38.3 Å². The lowest BCUT2D eigenvalue weighted by atomic mass is 9.78. The summed E-state index contributed by atoms with van der Waals surface area (Å²) in [6.45, 7) is 14.9. The highest BCUT2D eigenvalue weighted by molar-refractivity contribution is 6.23. The van der Waals surface area contributed by atoms with Crippen molar-refractivity contribution in [2.75, 3.05) is 19.0 Å². The fourth-order valence-corrected chi connectivity index (χ4v) is 8.14. The zero-order valence-electron chi connectivity index (χ0n) is 37.7. The van der Waals surface area contributed by atoms with E-state index < -0.39 is 88.8 Å². The lowest BCUT2D eigenvalue weighted by Gasteiger charge is -2.38. The van der Waals surface area contributed by atoms with Crippen molar-refractivity contribution in [3.8, 4) is 23.0 Å². The van der Waals surface area contributed by atoms with Crippen LogP contribution in [-0.2, 0) is 28.6 Å². The molecule has 5 bridgehead atoms. The molecule has 0 radical (unpaired) electrons. The van der Waals surface area contributed by atoms with Gasteiger partial charge in [-0.1, -0.05) is 90.1 Å². The maximum absolute atomic E-state index is 14.4. The summed E-state index contributed by atoms with van der Waals surface area (Å²) < 4.78 is 23.6. The van der Waals surface area contributed by atoms with Gasteiger partial charge in [-0.2, -0.15) is 0 Å². The van der Waals surface area contributed by atoms with Crippen LogP contribution >= 0.6 is 0 Å². The molecule has 1 amide bonds. The first-order valence-electron chi connectivity index (χ1n) is 21.6. The molecule has 0 aliphatic carbocycles. The van der Waals surface area contributed by atoms with E-state index in [9.17, 15) is 39.9 Å². The van der Waals surface area contributed by atoms with E-state index in [1.54, 1.807) is 39.8 Å². The number of hydrogen-bond donors (Lipinski definition) is 6. The van der Waals surface area contributed by atoms with Crippen LogP contribution in [0.15, 0.2) is 41.3 Å². The first-order valence-corrected chi connectivity index (χ1v) is 21.6. The molecule has 9 atom stereocenters. The second-order valence-corrected chi connectivity index (χ2v) is 16.8. The third-order valence-electron chi connectivity index (χ3n) is 12.1. The van der Waals surface area contributed by atoms with E-state index in [-0.39, 0.29) is 51.1 Å². The van der Waals surface area contributed by atoms with E-state index in [1.165, 1.54) is 66.1 Å². The number of methoxy groups -OCH3 is 1. The number of unbranched alkanes of at least 4 members (excludes halogenated alkanes) is 6. The first kappa shape index (κ1) is 49.5. The summed E-state index contributed by atoms with van der Waals surface area (Å²) in [6, 6.07) is 0. The molecule has 3 heterocycles. The van der Waals surface area contributed by atoms with E-state index in [1.807, 2.05) is 0 Å². The van der Waals surface area contributed by atoms with Crippen molar-refractivity contribution >= 4 is 40.3 Å². The Morgan fingerprint density at radius 2 is 1.56 bits per heavy atom. The minimum atomic E-state index is -2.06. The number of aliphatic hydroxyl groups is 2. The topological polar surface area (TPSA) is 223 Å². The van der Waals surface area contributed by atoms with Crippen molar-refractivity contribution in [1.29, 1.82) is 0 Å². The molecule has 0 unspecified atom stereocenters. The molecule has 0 aromatic heterocycles. The van der Waals surface area contributed by atoms with Crippen LogP contribution in [0, 0.1) is 30.6 Å². The van der Waals surface area contributed by atoms with E-state index in [0.29, 0.717) is 0 Å². The number of phenolic OH excluding ortho intramolecular Hbond substituents is 3. The average Bonchev–Trinajstić information content (AvgIpc) is 3.50. The van der Waals surface area contributed by atoms with Gasteiger partial charge in [-0.3, -0.25) is 14.4 Å². The van der Waals surface area contributed by atoms with Gasteiger partial charge < -0.3 is 54.6 Å². The van der Waals surface area contributed by atoms with Crippen LogP contribution in [0.3, 0.4) is 0 Å². The highest BCUT2D eigenvalue weighted by atomic mass is 16.7. The van der Waals surface area contributed by atoms with Gasteiger partial charge in [0.15, 0.2) is 5.75 Å². The van der Waals surface area contributed by atoms with Crippen LogP contribution < -0.4 is 10.1 Å². The molecule has 5 rings (SSSR count). The Kier molecular flexibility index (Phi) is 17.4. The van der Waals surface area contributed by atoms with Crippen molar-refractivity contribution in [1.82, 2.24) is 0 Å². The normalized spacial score (nSPS) is 29.2. The number of carbonyl (C=O) groups excluding carboxylic acids is 3. The third kappa shape index (κ3) is 10.9. The number of allylic oxidation sites excluding steroid dienone is 2. The number of Topliss-reactive ketones (excluding diaryl/α,β-unsaturated/α-hetero) is 1. The summed E-state index contributed by atoms with van der Waals surface area (Å²) >= 11 is 0. The summed E-state index contributed by atoms with van der Waals surface area (Å²) in [6.07, 6.45) is 12.0. The molecule has 6 N–H and O–H groups in total. The van der Waals surface area contributed by atoms with Gasteiger partial charge in [-0.05, 0) is 32.8 Å². The average molecular weight is 867 g/mol. The number of aliphatic hydroxyl groups excluding tert-OH is 2. The predicted octanol–water partition coefficient (Wildman–Crippen LogP) is 7.86. The molecule has 15 nitrogen and oxygen atoms in total. The molecule has 2 aromatic rings. The molecule has 0 spiro atoms. The largest absolute Gasteiger partial charge is 0.507 e.